The number of hydrogen-bond donors (Lipinski definition) is 9. The number of ether oxygens (including phenoxy) is 2. The Balaban J connectivity index is 1.36. The van der Waals surface area contributed by atoms with Crippen LogP contribution in [-0.2, 0) is 54.4 Å². The van der Waals surface area contributed by atoms with Crippen LogP contribution in [0.25, 0.3) is 0 Å². The fourth-order valence-electron chi connectivity index (χ4n) is 12.4. The number of rotatable bonds is 37. The second kappa shape index (κ2) is 38.0. The lowest BCUT2D eigenvalue weighted by Crippen LogP contribution is -2.60. The van der Waals surface area contributed by atoms with Gasteiger partial charge in [0, 0.05) is 76.9 Å². The zero-order chi connectivity index (χ0) is 70.3. The van der Waals surface area contributed by atoms with E-state index < -0.39 is 108 Å². The molecule has 13 atom stereocenters. The van der Waals surface area contributed by atoms with Crippen LogP contribution >= 0.6 is 0 Å². The zero-order valence-corrected chi connectivity index (χ0v) is 57.9. The number of urea groups is 1. The van der Waals surface area contributed by atoms with E-state index in [1.165, 1.54) is 24.0 Å². The Morgan fingerprint density at radius 1 is 0.766 bits per heavy atom. The molecule has 2 aliphatic rings. The number of benzene rings is 2. The van der Waals surface area contributed by atoms with Crippen LogP contribution in [0.2, 0.25) is 0 Å². The van der Waals surface area contributed by atoms with Crippen molar-refractivity contribution < 1.29 is 67.6 Å². The van der Waals surface area contributed by atoms with Gasteiger partial charge in [0.2, 0.25) is 41.4 Å². The molecule has 524 valence electrons. The first-order valence-corrected chi connectivity index (χ1v) is 33.4. The molecule has 2 aromatic rings. The number of unbranched alkanes of at least 4 members (excludes halogenated alkanes) is 2. The van der Waals surface area contributed by atoms with Crippen LogP contribution in [0, 0.1) is 35.5 Å². The van der Waals surface area contributed by atoms with Crippen molar-refractivity contribution in [1.29, 1.82) is 0 Å². The number of amides is 11. The first-order chi connectivity index (χ1) is 44.3. The second-order valence-corrected chi connectivity index (χ2v) is 26.6. The van der Waals surface area contributed by atoms with Crippen LogP contribution in [0.5, 0.6) is 0 Å². The molecule has 94 heavy (non-hydrogen) atoms. The minimum Gasteiger partial charge on any atom is -0.445 e. The molecule has 2 heterocycles. The Labute approximate surface area is 556 Å². The molecule has 25 nitrogen and oxygen atoms in total. The molecular formula is C69H109N11O14. The molecule has 2 saturated heterocycles. The van der Waals surface area contributed by atoms with Crippen molar-refractivity contribution in [1.82, 2.24) is 46.2 Å². The number of hydrogen-bond acceptors (Lipinski definition) is 14. The fourth-order valence-corrected chi connectivity index (χ4v) is 12.4. The number of likely N-dealkylation sites (tertiary alicyclic amines) is 2. The van der Waals surface area contributed by atoms with Gasteiger partial charge in [0.15, 0.2) is 0 Å². The molecule has 2 fully saturated rings. The van der Waals surface area contributed by atoms with E-state index in [-0.39, 0.29) is 92.7 Å². The number of carbonyl (C=O) groups excluding carboxylic acids is 10. The van der Waals surface area contributed by atoms with Gasteiger partial charge in [-0.1, -0.05) is 131 Å². The molecule has 4 rings (SSSR count). The van der Waals surface area contributed by atoms with Gasteiger partial charge in [-0.3, -0.25) is 43.3 Å². The quantitative estimate of drug-likeness (QED) is 0.0282. The summed E-state index contributed by atoms with van der Waals surface area (Å²) >= 11 is 0. The van der Waals surface area contributed by atoms with E-state index in [4.69, 9.17) is 15.2 Å². The van der Waals surface area contributed by atoms with Crippen molar-refractivity contribution in [3.63, 3.8) is 0 Å². The zero-order valence-electron chi connectivity index (χ0n) is 57.9. The van der Waals surface area contributed by atoms with E-state index in [2.05, 4.69) is 38.5 Å². The van der Waals surface area contributed by atoms with Gasteiger partial charge in [-0.05, 0) is 98.3 Å². The summed E-state index contributed by atoms with van der Waals surface area (Å²) in [7, 11) is 4.61. The lowest BCUT2D eigenvalue weighted by molar-refractivity contribution is -0.146. The highest BCUT2D eigenvalue weighted by Crippen LogP contribution is 2.32. The predicted molar refractivity (Wildman–Crippen MR) is 357 cm³/mol. The van der Waals surface area contributed by atoms with Gasteiger partial charge in [-0.2, -0.15) is 0 Å². The molecule has 25 heteroatoms. The summed E-state index contributed by atoms with van der Waals surface area (Å²) < 4.78 is 11.8. The lowest BCUT2D eigenvalue weighted by Gasteiger charge is -2.41. The summed E-state index contributed by atoms with van der Waals surface area (Å²) in [6.45, 7) is 24.6. The smallest absolute Gasteiger partial charge is 0.410 e. The predicted octanol–water partition coefficient (Wildman–Crippen LogP) is 5.88. The summed E-state index contributed by atoms with van der Waals surface area (Å²) in [5.41, 5.74) is 7.18. The van der Waals surface area contributed by atoms with E-state index in [1.54, 1.807) is 70.8 Å². The van der Waals surface area contributed by atoms with Gasteiger partial charge < -0.3 is 72.0 Å². The molecule has 11 amide bonds. The van der Waals surface area contributed by atoms with E-state index in [9.17, 15) is 58.2 Å². The van der Waals surface area contributed by atoms with Crippen molar-refractivity contribution >= 4 is 65.1 Å². The maximum atomic E-state index is 14.8. The van der Waals surface area contributed by atoms with Gasteiger partial charge >= 0.3 is 12.1 Å². The topological polar surface area (TPSA) is 341 Å². The van der Waals surface area contributed by atoms with Crippen LogP contribution in [0.4, 0.5) is 15.3 Å². The number of nitrogens with two attached hydrogens (primary N) is 1. The molecule has 0 saturated carbocycles. The molecule has 0 bridgehead atoms. The highest BCUT2D eigenvalue weighted by Gasteiger charge is 2.43. The fraction of sp³-hybridized carbons (Fsp3) is 0.652. The number of likely N-dealkylation sites (N-methyl/N-ethyl adjacent to an activating group) is 2. The van der Waals surface area contributed by atoms with Crippen molar-refractivity contribution in [2.24, 2.45) is 41.2 Å². The molecule has 0 aliphatic carbocycles. The van der Waals surface area contributed by atoms with Crippen LogP contribution in [-0.4, -0.2) is 185 Å². The van der Waals surface area contributed by atoms with Gasteiger partial charge in [-0.15, -0.1) is 0 Å². The summed E-state index contributed by atoms with van der Waals surface area (Å²) in [5.74, 6) is -5.26. The van der Waals surface area contributed by atoms with Crippen molar-refractivity contribution in [2.45, 2.75) is 214 Å². The monoisotopic (exact) mass is 1320 g/mol. The molecule has 2 aliphatic heterocycles. The Hall–Kier alpha value is -7.64. The number of carbonyl (C=O) groups is 10. The maximum Gasteiger partial charge on any atom is 0.410 e. The molecule has 1 unspecified atom stereocenters. The molecular weight excluding hydrogens is 1210 g/mol. The standard InChI is InChI=1S/C69H109N11O14/c1-16-43(8)60(53(93-15)38-56(83)79-36-24-28-52(79)45(10)46(11)62(85)72-47(12)61(84)49-25-19-17-20-26-49)77(13)67(90)58(41(4)5)76-65(88)59(42(6)7)78(14)69(92)94-39-48-30-32-50(33-31-48)73-63(86)51(27-23-34-71-68(70)91)74-64(87)57(40(2)3)75-54(81)29-21-18-22-35-80-55(82)37-44(9)66(80)89/h17,19-20,25-26,30-33,40-43,45-47,51-53,55,57-61,82,84H,9,16,18,21-24,27-29,34-39H2,1-8,10-15H3,(H,72,85)(H,73,86)(H,74,87)(H,75,81)(H,76,88)(H3,70,71,91)/t43-,45+,46+,47+,51-,52-,53+,55?,57-,58-,59-,60-,61+/m0/s1. The average molecular weight is 1320 g/mol. The maximum absolute atomic E-state index is 14.8. The molecule has 0 spiro atoms. The Kier molecular flexibility index (Phi) is 31.9. The van der Waals surface area contributed by atoms with Gasteiger partial charge in [0.25, 0.3) is 5.91 Å². The molecule has 10 N–H and O–H groups in total. The van der Waals surface area contributed by atoms with Gasteiger partial charge in [0.05, 0.1) is 30.7 Å². The van der Waals surface area contributed by atoms with Gasteiger partial charge in [0.1, 0.15) is 37.0 Å². The Morgan fingerprint density at radius 2 is 1.41 bits per heavy atom. The number of anilines is 1. The minimum atomic E-state index is -1.11. The van der Waals surface area contributed by atoms with Crippen LogP contribution in [0.3, 0.4) is 0 Å². The SMILES string of the molecule is C=C1CC(O)N(CCCCCC(=O)N[C@H](C(=O)N[C@@H](CCCNC(N)=O)C(=O)Nc2ccc(COC(=O)N(C)[C@H](C(=O)N[C@H](C(=O)N(C)[C@@H]([C@@H](C)CC)[C@@H](CC(=O)N3CCC[C@H]3[C@H](C)[C@@H](C)C(=O)N[C@H](C)[C@@H](O)c3ccccc3)OC)C(C)C)C(C)C)cc2)C(C)C)C1=O. The van der Waals surface area contributed by atoms with Gasteiger partial charge in [-0.25, -0.2) is 9.59 Å². The third-order valence-corrected chi connectivity index (χ3v) is 18.4. The van der Waals surface area contributed by atoms with Crippen LogP contribution in [0.1, 0.15) is 164 Å². The van der Waals surface area contributed by atoms with E-state index >= 15 is 0 Å². The summed E-state index contributed by atoms with van der Waals surface area (Å²) in [5, 5.41) is 37.8. The number of primary amides is 1. The Bertz CT molecular complexity index is 2860. The number of nitrogens with one attached hydrogen (secondary N) is 6. The van der Waals surface area contributed by atoms with Crippen LogP contribution in [0.15, 0.2) is 66.7 Å². The highest BCUT2D eigenvalue weighted by molar-refractivity contribution is 5.99. The summed E-state index contributed by atoms with van der Waals surface area (Å²) in [6.07, 6.45) is 0.978. The second-order valence-electron chi connectivity index (χ2n) is 26.6. The number of nitrogens with zero attached hydrogens (tertiary/aromatic N) is 4. The summed E-state index contributed by atoms with van der Waals surface area (Å²) in [6, 6.07) is 9.20. The number of aliphatic hydroxyl groups excluding tert-OH is 2. The van der Waals surface area contributed by atoms with Crippen molar-refractivity contribution in [3.8, 4) is 0 Å². The molecule has 0 radical (unpaired) electrons. The normalized spacial score (nSPS) is 18.4. The largest absolute Gasteiger partial charge is 0.445 e. The highest BCUT2D eigenvalue weighted by atomic mass is 16.6. The van der Waals surface area contributed by atoms with E-state index in [0.29, 0.717) is 67.6 Å². The first kappa shape index (κ1) is 78.8. The third kappa shape index (κ3) is 22.8. The van der Waals surface area contributed by atoms with Crippen LogP contribution < -0.4 is 37.6 Å². The molecule has 2 aromatic carbocycles. The van der Waals surface area contributed by atoms with Crippen molar-refractivity contribution in [3.05, 3.63) is 77.9 Å². The minimum absolute atomic E-state index is 0.0398. The third-order valence-electron chi connectivity index (χ3n) is 18.4. The van der Waals surface area contributed by atoms with E-state index in [0.717, 1.165) is 6.42 Å². The Morgan fingerprint density at radius 3 is 1.99 bits per heavy atom. The van der Waals surface area contributed by atoms with E-state index in [1.807, 2.05) is 76.8 Å². The lowest BCUT2D eigenvalue weighted by atomic mass is 9.86. The summed E-state index contributed by atoms with van der Waals surface area (Å²) in [4.78, 5) is 141. The first-order valence-electron chi connectivity index (χ1n) is 33.4. The number of methoxy groups -OCH3 is 1. The number of aliphatic hydroxyl groups is 2. The van der Waals surface area contributed by atoms with Crippen molar-refractivity contribution in [2.75, 3.05) is 46.2 Å². The average Bonchev–Trinajstić information content (AvgIpc) is 1.34. The molecule has 0 aromatic heterocycles.